The summed E-state index contributed by atoms with van der Waals surface area (Å²) in [6, 6.07) is 24.4. The molecule has 0 aliphatic heterocycles. The molecular formula is C30H32N8. The van der Waals surface area contributed by atoms with Gasteiger partial charge in [0.2, 0.25) is 0 Å². The minimum atomic E-state index is 0.566. The predicted octanol–water partition coefficient (Wildman–Crippen LogP) is 5.98. The zero-order valence-corrected chi connectivity index (χ0v) is 22.1. The van der Waals surface area contributed by atoms with E-state index in [-0.39, 0.29) is 0 Å². The van der Waals surface area contributed by atoms with Crippen LogP contribution in [0.1, 0.15) is 11.1 Å². The Hall–Kier alpha value is -4.98. The average molecular weight is 505 g/mol. The SMILES string of the molecule is CN(C)c1ccc(/C=C\C=N\Nc2nnc(N/N=C/C=C/c3ccc(N(C)C)cc3)c3ccccc23)cc1. The van der Waals surface area contributed by atoms with Gasteiger partial charge in [-0.3, -0.25) is 10.9 Å². The van der Waals surface area contributed by atoms with Gasteiger partial charge in [0.05, 0.1) is 0 Å². The van der Waals surface area contributed by atoms with E-state index in [1.54, 1.807) is 12.4 Å². The fourth-order valence-electron chi connectivity index (χ4n) is 3.63. The van der Waals surface area contributed by atoms with Crippen molar-refractivity contribution >= 4 is 58.4 Å². The molecule has 3 aromatic carbocycles. The molecular weight excluding hydrogens is 472 g/mol. The molecule has 0 aliphatic rings. The lowest BCUT2D eigenvalue weighted by atomic mass is 10.2. The number of rotatable bonds is 10. The van der Waals surface area contributed by atoms with Gasteiger partial charge in [-0.25, -0.2) is 0 Å². The molecule has 38 heavy (non-hydrogen) atoms. The molecule has 0 bridgehead atoms. The van der Waals surface area contributed by atoms with Crippen molar-refractivity contribution in [3.05, 3.63) is 96.1 Å². The molecule has 0 unspecified atom stereocenters. The molecule has 4 aromatic rings. The second kappa shape index (κ2) is 12.8. The molecule has 0 saturated carbocycles. The number of nitrogens with one attached hydrogen (secondary N) is 2. The molecule has 2 N–H and O–H groups in total. The van der Waals surface area contributed by atoms with Crippen molar-refractivity contribution < 1.29 is 0 Å². The zero-order valence-electron chi connectivity index (χ0n) is 22.1. The molecule has 0 saturated heterocycles. The van der Waals surface area contributed by atoms with Crippen molar-refractivity contribution in [2.45, 2.75) is 0 Å². The summed E-state index contributed by atoms with van der Waals surface area (Å²) in [5.74, 6) is 1.13. The maximum Gasteiger partial charge on any atom is 0.176 e. The van der Waals surface area contributed by atoms with E-state index in [0.717, 1.165) is 33.3 Å². The van der Waals surface area contributed by atoms with Gasteiger partial charge in [0.25, 0.3) is 0 Å². The quantitative estimate of drug-likeness (QED) is 0.204. The number of hydrogen-bond donors (Lipinski definition) is 2. The van der Waals surface area contributed by atoms with E-state index in [0.29, 0.717) is 11.6 Å². The van der Waals surface area contributed by atoms with Crippen LogP contribution in [0.4, 0.5) is 23.0 Å². The van der Waals surface area contributed by atoms with Crippen LogP contribution in [0.3, 0.4) is 0 Å². The molecule has 8 nitrogen and oxygen atoms in total. The monoisotopic (exact) mass is 504 g/mol. The lowest BCUT2D eigenvalue weighted by Gasteiger charge is -2.11. The molecule has 0 amide bonds. The van der Waals surface area contributed by atoms with Gasteiger partial charge in [0.1, 0.15) is 0 Å². The third kappa shape index (κ3) is 7.04. The highest BCUT2D eigenvalue weighted by Gasteiger charge is 2.07. The fraction of sp³-hybridized carbons (Fsp3) is 0.133. The maximum absolute atomic E-state index is 4.30. The van der Waals surface area contributed by atoms with E-state index < -0.39 is 0 Å². The van der Waals surface area contributed by atoms with Crippen molar-refractivity contribution in [2.75, 3.05) is 48.8 Å². The Kier molecular flexibility index (Phi) is 8.80. The smallest absolute Gasteiger partial charge is 0.176 e. The maximum atomic E-state index is 4.30. The Morgan fingerprint density at radius 3 is 1.34 bits per heavy atom. The van der Waals surface area contributed by atoms with Crippen molar-refractivity contribution in [3.63, 3.8) is 0 Å². The van der Waals surface area contributed by atoms with E-state index in [4.69, 9.17) is 0 Å². The first-order valence-corrected chi connectivity index (χ1v) is 12.2. The second-order valence-corrected chi connectivity index (χ2v) is 8.91. The van der Waals surface area contributed by atoms with Crippen LogP contribution >= 0.6 is 0 Å². The van der Waals surface area contributed by atoms with Crippen LogP contribution in [-0.2, 0) is 0 Å². The molecule has 0 atom stereocenters. The molecule has 0 fully saturated rings. The Morgan fingerprint density at radius 1 is 0.579 bits per heavy atom. The lowest BCUT2D eigenvalue weighted by Crippen LogP contribution is -2.07. The number of nitrogens with zero attached hydrogens (tertiary/aromatic N) is 6. The van der Waals surface area contributed by atoms with Gasteiger partial charge in [-0.15, -0.1) is 10.2 Å². The molecule has 4 rings (SSSR count). The number of hydrazone groups is 2. The van der Waals surface area contributed by atoms with Gasteiger partial charge >= 0.3 is 0 Å². The topological polar surface area (TPSA) is 81.0 Å². The van der Waals surface area contributed by atoms with Crippen LogP contribution in [0.25, 0.3) is 22.9 Å². The minimum Gasteiger partial charge on any atom is -0.378 e. The first kappa shape index (κ1) is 26.1. The summed E-state index contributed by atoms with van der Waals surface area (Å²) in [5.41, 5.74) is 10.5. The third-order valence-electron chi connectivity index (χ3n) is 5.75. The second-order valence-electron chi connectivity index (χ2n) is 8.91. The molecule has 192 valence electrons. The van der Waals surface area contributed by atoms with Crippen LogP contribution in [-0.4, -0.2) is 50.8 Å². The molecule has 0 aliphatic carbocycles. The largest absolute Gasteiger partial charge is 0.378 e. The molecule has 1 aromatic heterocycles. The van der Waals surface area contributed by atoms with Gasteiger partial charge in [-0.2, -0.15) is 10.2 Å². The lowest BCUT2D eigenvalue weighted by molar-refractivity contribution is 1.03. The molecule has 0 spiro atoms. The van der Waals surface area contributed by atoms with Gasteiger partial charge in [0.15, 0.2) is 11.6 Å². The Morgan fingerprint density at radius 2 is 0.974 bits per heavy atom. The van der Waals surface area contributed by atoms with Crippen LogP contribution < -0.4 is 20.7 Å². The first-order valence-electron chi connectivity index (χ1n) is 12.2. The number of aromatic nitrogens is 2. The zero-order chi connectivity index (χ0) is 26.7. The van der Waals surface area contributed by atoms with Crippen LogP contribution in [0.15, 0.2) is 95.2 Å². The standard InChI is InChI=1S/C30H32N8/c1-37(2)25-17-13-23(14-18-25)9-7-21-31-33-29-27-11-5-6-12-28(27)30(36-35-29)34-32-22-8-10-24-15-19-26(20-16-24)38(3)4/h5-22H,1-4H3,(H,33,35)(H,34,36)/b9-7-,10-8+,31-21+,32-22+. The molecule has 0 radical (unpaired) electrons. The summed E-state index contributed by atoms with van der Waals surface area (Å²) in [6.45, 7) is 0. The van der Waals surface area contributed by atoms with E-state index in [1.807, 2.05) is 76.8 Å². The van der Waals surface area contributed by atoms with E-state index in [1.165, 1.54) is 0 Å². The average Bonchev–Trinajstić information content (AvgIpc) is 2.94. The summed E-state index contributed by atoms with van der Waals surface area (Å²) >= 11 is 0. The van der Waals surface area contributed by atoms with E-state index in [2.05, 4.69) is 89.6 Å². The van der Waals surface area contributed by atoms with Gasteiger partial charge in [-0.1, -0.05) is 60.7 Å². The first-order chi connectivity index (χ1) is 18.5. The highest BCUT2D eigenvalue weighted by Crippen LogP contribution is 2.25. The predicted molar refractivity (Wildman–Crippen MR) is 163 cm³/mol. The summed E-state index contributed by atoms with van der Waals surface area (Å²) < 4.78 is 0. The highest BCUT2D eigenvalue weighted by atomic mass is 15.4. The number of fused-ring (bicyclic) bond motifs is 1. The summed E-state index contributed by atoms with van der Waals surface area (Å²) in [4.78, 5) is 4.14. The highest BCUT2D eigenvalue weighted by molar-refractivity contribution is 5.98. The van der Waals surface area contributed by atoms with Gasteiger partial charge < -0.3 is 9.80 Å². The van der Waals surface area contributed by atoms with E-state index in [9.17, 15) is 0 Å². The number of benzene rings is 3. The summed E-state index contributed by atoms with van der Waals surface area (Å²) in [7, 11) is 8.10. The normalized spacial score (nSPS) is 11.8. The molecule has 1 heterocycles. The summed E-state index contributed by atoms with van der Waals surface area (Å²) in [6.07, 6.45) is 11.1. The number of hydrogen-bond acceptors (Lipinski definition) is 8. The van der Waals surface area contributed by atoms with Gasteiger partial charge in [0, 0.05) is 62.8 Å². The van der Waals surface area contributed by atoms with Crippen molar-refractivity contribution in [1.29, 1.82) is 0 Å². The Bertz CT molecular complexity index is 1340. The van der Waals surface area contributed by atoms with Crippen LogP contribution in [0.2, 0.25) is 0 Å². The molecule has 8 heteroatoms. The minimum absolute atomic E-state index is 0.566. The van der Waals surface area contributed by atoms with Crippen molar-refractivity contribution in [3.8, 4) is 0 Å². The number of allylic oxidation sites excluding steroid dienone is 2. The van der Waals surface area contributed by atoms with Crippen molar-refractivity contribution in [1.82, 2.24) is 10.2 Å². The third-order valence-corrected chi connectivity index (χ3v) is 5.75. The number of anilines is 4. The van der Waals surface area contributed by atoms with Crippen LogP contribution in [0.5, 0.6) is 0 Å². The Balaban J connectivity index is 1.37. The van der Waals surface area contributed by atoms with Crippen LogP contribution in [0, 0.1) is 0 Å². The van der Waals surface area contributed by atoms with Crippen molar-refractivity contribution in [2.24, 2.45) is 10.2 Å². The summed E-state index contributed by atoms with van der Waals surface area (Å²) in [5, 5.41) is 18.9. The van der Waals surface area contributed by atoms with Gasteiger partial charge in [-0.05, 0) is 47.5 Å². The van der Waals surface area contributed by atoms with E-state index >= 15 is 0 Å². The fourth-order valence-corrected chi connectivity index (χ4v) is 3.63. The Labute approximate surface area is 223 Å².